The number of aliphatic carboxylic acids is 1. The van der Waals surface area contributed by atoms with Crippen LogP contribution in [-0.4, -0.2) is 53.5 Å². The maximum Gasteiger partial charge on any atom is 0.362 e. The summed E-state index contributed by atoms with van der Waals surface area (Å²) in [6.07, 6.45) is 5.12. The van der Waals surface area contributed by atoms with Crippen LogP contribution in [0, 0.1) is 0 Å². The van der Waals surface area contributed by atoms with Crippen molar-refractivity contribution in [3.8, 4) is 0 Å². The van der Waals surface area contributed by atoms with E-state index in [0.29, 0.717) is 11.0 Å². The quantitative estimate of drug-likeness (QED) is 0.368. The fourth-order valence-electron chi connectivity index (χ4n) is 1.76. The molecular formula is C13H26NO3+. The van der Waals surface area contributed by atoms with Gasteiger partial charge in [-0.25, -0.2) is 4.79 Å². The Balaban J connectivity index is 4.04. The smallest absolute Gasteiger partial charge is 0.362 e. The van der Waals surface area contributed by atoms with Crippen LogP contribution in [0.4, 0.5) is 0 Å². The van der Waals surface area contributed by atoms with Crippen LogP contribution in [0.25, 0.3) is 0 Å². The van der Waals surface area contributed by atoms with Gasteiger partial charge in [-0.15, -0.1) is 6.58 Å². The number of allylic oxidation sites excluding steroid dienone is 1. The van der Waals surface area contributed by atoms with Crippen molar-refractivity contribution in [2.45, 2.75) is 44.8 Å². The SMILES string of the molecule is C=CCCCCC(O)C[N+](C)(C)C(C)C(=O)O. The summed E-state index contributed by atoms with van der Waals surface area (Å²) >= 11 is 0. The maximum atomic E-state index is 10.9. The highest BCUT2D eigenvalue weighted by Gasteiger charge is 2.32. The molecule has 0 amide bonds. The van der Waals surface area contributed by atoms with Gasteiger partial charge in [0, 0.05) is 0 Å². The molecule has 0 aromatic rings. The van der Waals surface area contributed by atoms with Crippen molar-refractivity contribution >= 4 is 5.97 Å². The number of aliphatic hydroxyl groups excluding tert-OH is 1. The fraction of sp³-hybridized carbons (Fsp3) is 0.769. The second-order valence-electron chi connectivity index (χ2n) is 5.20. The van der Waals surface area contributed by atoms with Gasteiger partial charge in [-0.3, -0.25) is 0 Å². The van der Waals surface area contributed by atoms with Gasteiger partial charge >= 0.3 is 5.97 Å². The van der Waals surface area contributed by atoms with E-state index in [-0.39, 0.29) is 0 Å². The average Bonchev–Trinajstić information content (AvgIpc) is 2.22. The Labute approximate surface area is 104 Å². The predicted octanol–water partition coefficient (Wildman–Crippen LogP) is 1.64. The first-order valence-corrected chi connectivity index (χ1v) is 6.15. The zero-order valence-electron chi connectivity index (χ0n) is 11.2. The summed E-state index contributed by atoms with van der Waals surface area (Å²) in [6.45, 7) is 5.80. The molecule has 0 bridgehead atoms. The molecule has 0 fully saturated rings. The number of nitrogens with zero attached hydrogens (tertiary/aromatic N) is 1. The van der Waals surface area contributed by atoms with Crippen molar-refractivity contribution in [3.05, 3.63) is 12.7 Å². The van der Waals surface area contributed by atoms with Crippen molar-refractivity contribution in [2.24, 2.45) is 0 Å². The van der Waals surface area contributed by atoms with Crippen molar-refractivity contribution < 1.29 is 19.5 Å². The topological polar surface area (TPSA) is 57.5 Å². The Kier molecular flexibility index (Phi) is 7.07. The number of likely N-dealkylation sites (N-methyl/N-ethyl adjacent to an activating group) is 1. The normalized spacial score (nSPS) is 15.3. The third-order valence-electron chi connectivity index (χ3n) is 3.28. The molecule has 0 aliphatic heterocycles. The summed E-state index contributed by atoms with van der Waals surface area (Å²) in [6, 6.07) is -0.502. The van der Waals surface area contributed by atoms with E-state index in [0.717, 1.165) is 25.7 Å². The minimum atomic E-state index is -0.825. The lowest BCUT2D eigenvalue weighted by molar-refractivity contribution is -0.907. The molecule has 0 aromatic carbocycles. The lowest BCUT2D eigenvalue weighted by Crippen LogP contribution is -2.54. The van der Waals surface area contributed by atoms with E-state index in [4.69, 9.17) is 5.11 Å². The molecule has 0 heterocycles. The molecular weight excluding hydrogens is 218 g/mol. The van der Waals surface area contributed by atoms with E-state index >= 15 is 0 Å². The van der Waals surface area contributed by atoms with Crippen LogP contribution in [0.2, 0.25) is 0 Å². The molecule has 17 heavy (non-hydrogen) atoms. The van der Waals surface area contributed by atoms with E-state index < -0.39 is 18.1 Å². The molecule has 100 valence electrons. The van der Waals surface area contributed by atoms with Crippen molar-refractivity contribution in [2.75, 3.05) is 20.6 Å². The van der Waals surface area contributed by atoms with E-state index in [1.807, 2.05) is 20.2 Å². The van der Waals surface area contributed by atoms with Crippen LogP contribution >= 0.6 is 0 Å². The molecule has 0 saturated heterocycles. The number of carboxylic acids is 1. The third-order valence-corrected chi connectivity index (χ3v) is 3.28. The molecule has 4 nitrogen and oxygen atoms in total. The third kappa shape index (κ3) is 6.44. The molecule has 2 N–H and O–H groups in total. The summed E-state index contributed by atoms with van der Waals surface area (Å²) in [5, 5.41) is 18.8. The highest BCUT2D eigenvalue weighted by molar-refractivity contribution is 5.71. The minimum absolute atomic E-state index is 0.304. The molecule has 4 heteroatoms. The largest absolute Gasteiger partial charge is 0.477 e. The Morgan fingerprint density at radius 2 is 2.00 bits per heavy atom. The monoisotopic (exact) mass is 244 g/mol. The second kappa shape index (κ2) is 7.45. The van der Waals surface area contributed by atoms with Crippen molar-refractivity contribution in [1.29, 1.82) is 0 Å². The van der Waals surface area contributed by atoms with Gasteiger partial charge in [0.25, 0.3) is 0 Å². The Morgan fingerprint density at radius 1 is 1.41 bits per heavy atom. The van der Waals surface area contributed by atoms with Gasteiger partial charge in [-0.05, 0) is 26.2 Å². The fourth-order valence-corrected chi connectivity index (χ4v) is 1.76. The maximum absolute atomic E-state index is 10.9. The number of aliphatic hydroxyl groups is 1. The lowest BCUT2D eigenvalue weighted by atomic mass is 10.1. The second-order valence-corrected chi connectivity index (χ2v) is 5.20. The summed E-state index contributed by atoms with van der Waals surface area (Å²) in [4.78, 5) is 10.9. The van der Waals surface area contributed by atoms with Crippen LogP contribution in [0.5, 0.6) is 0 Å². The summed E-state index contributed by atoms with van der Waals surface area (Å²) in [5.74, 6) is -0.825. The van der Waals surface area contributed by atoms with Crippen molar-refractivity contribution in [1.82, 2.24) is 0 Å². The zero-order valence-corrected chi connectivity index (χ0v) is 11.2. The first kappa shape index (κ1) is 16.1. The summed E-state index contributed by atoms with van der Waals surface area (Å²) in [5.41, 5.74) is 0. The van der Waals surface area contributed by atoms with Crippen LogP contribution in [0.1, 0.15) is 32.6 Å². The molecule has 0 rings (SSSR count). The highest BCUT2D eigenvalue weighted by atomic mass is 16.4. The Morgan fingerprint density at radius 3 is 2.47 bits per heavy atom. The minimum Gasteiger partial charge on any atom is -0.477 e. The van der Waals surface area contributed by atoms with Gasteiger partial charge in [0.15, 0.2) is 6.04 Å². The van der Waals surface area contributed by atoms with Crippen LogP contribution in [0.15, 0.2) is 12.7 Å². The number of hydrogen-bond acceptors (Lipinski definition) is 2. The van der Waals surface area contributed by atoms with Gasteiger partial charge in [0.05, 0.1) is 14.1 Å². The zero-order chi connectivity index (χ0) is 13.5. The van der Waals surface area contributed by atoms with E-state index in [9.17, 15) is 9.90 Å². The molecule has 0 spiro atoms. The van der Waals surface area contributed by atoms with Gasteiger partial charge in [0.2, 0.25) is 0 Å². The van der Waals surface area contributed by atoms with Crippen LogP contribution in [-0.2, 0) is 4.79 Å². The molecule has 0 aromatic heterocycles. The van der Waals surface area contributed by atoms with E-state index in [1.54, 1.807) is 6.92 Å². The average molecular weight is 244 g/mol. The highest BCUT2D eigenvalue weighted by Crippen LogP contribution is 2.12. The van der Waals surface area contributed by atoms with Crippen molar-refractivity contribution in [3.63, 3.8) is 0 Å². The Bertz CT molecular complexity index is 251. The van der Waals surface area contributed by atoms with E-state index in [2.05, 4.69) is 6.58 Å². The van der Waals surface area contributed by atoms with Gasteiger partial charge in [0.1, 0.15) is 12.6 Å². The number of rotatable bonds is 9. The number of quaternary nitrogens is 1. The Hall–Kier alpha value is -0.870. The van der Waals surface area contributed by atoms with Gasteiger partial charge in [-0.2, -0.15) is 0 Å². The molecule has 2 atom stereocenters. The summed E-state index contributed by atoms with van der Waals surface area (Å²) in [7, 11) is 3.68. The number of carboxylic acid groups (broad SMARTS) is 1. The van der Waals surface area contributed by atoms with Crippen LogP contribution in [0.3, 0.4) is 0 Å². The van der Waals surface area contributed by atoms with Crippen LogP contribution < -0.4 is 0 Å². The van der Waals surface area contributed by atoms with Gasteiger partial charge < -0.3 is 14.7 Å². The molecule has 0 aliphatic carbocycles. The summed E-state index contributed by atoms with van der Waals surface area (Å²) < 4.78 is 0.304. The predicted molar refractivity (Wildman–Crippen MR) is 68.7 cm³/mol. The lowest BCUT2D eigenvalue weighted by Gasteiger charge is -2.35. The standard InChI is InChI=1S/C13H25NO3/c1-5-6-7-8-9-12(15)10-14(3,4)11(2)13(16)17/h5,11-12,15H,1,6-10H2,2-4H3/p+1. The number of carbonyl (C=O) groups is 1. The first-order chi connectivity index (χ1) is 7.81. The molecule has 2 unspecified atom stereocenters. The van der Waals surface area contributed by atoms with Gasteiger partial charge in [-0.1, -0.05) is 12.5 Å². The molecule has 0 radical (unpaired) electrons. The first-order valence-electron chi connectivity index (χ1n) is 6.15. The number of unbranched alkanes of at least 4 members (excludes halogenated alkanes) is 2. The van der Waals surface area contributed by atoms with E-state index in [1.165, 1.54) is 0 Å². The molecule has 0 saturated carbocycles. The molecule has 0 aliphatic rings. The number of hydrogen-bond donors (Lipinski definition) is 2.